The average Bonchev–Trinajstić information content (AvgIpc) is 3.29. The number of benzene rings is 2. The van der Waals surface area contributed by atoms with Crippen LogP contribution in [0.5, 0.6) is 0 Å². The number of halogens is 1. The highest BCUT2D eigenvalue weighted by Crippen LogP contribution is 2.33. The van der Waals surface area contributed by atoms with Gasteiger partial charge in [0, 0.05) is 16.5 Å². The number of imide groups is 1. The molecule has 1 fully saturated rings. The van der Waals surface area contributed by atoms with Crippen LogP contribution >= 0.6 is 15.9 Å². The predicted molar refractivity (Wildman–Crippen MR) is 111 cm³/mol. The molecule has 8 heteroatoms. The number of carbonyl (C=O) groups is 3. The first kappa shape index (κ1) is 19.3. The van der Waals surface area contributed by atoms with E-state index in [-0.39, 0.29) is 6.54 Å². The third kappa shape index (κ3) is 3.44. The van der Waals surface area contributed by atoms with Crippen LogP contribution in [0.15, 0.2) is 64.2 Å². The van der Waals surface area contributed by atoms with Crippen LogP contribution < -0.4 is 5.32 Å². The van der Waals surface area contributed by atoms with Crippen molar-refractivity contribution in [1.82, 2.24) is 15.2 Å². The Bertz CT molecular complexity index is 1020. The molecule has 4 amide bonds. The minimum atomic E-state index is -1.24. The summed E-state index contributed by atoms with van der Waals surface area (Å²) in [7, 11) is 0. The molecule has 0 bridgehead atoms. The quantitative estimate of drug-likeness (QED) is 0.720. The molecule has 2 heterocycles. The van der Waals surface area contributed by atoms with Crippen LogP contribution in [0.2, 0.25) is 0 Å². The number of nitrogens with one attached hydrogen (secondary N) is 1. The van der Waals surface area contributed by atoms with Crippen LogP contribution in [0.4, 0.5) is 4.79 Å². The van der Waals surface area contributed by atoms with E-state index in [2.05, 4.69) is 26.3 Å². The van der Waals surface area contributed by atoms with Crippen molar-refractivity contribution in [3.8, 4) is 0 Å². The summed E-state index contributed by atoms with van der Waals surface area (Å²) < 4.78 is 0.709. The van der Waals surface area contributed by atoms with Crippen molar-refractivity contribution in [3.05, 3.63) is 70.2 Å². The average molecular weight is 455 g/mol. The Labute approximate surface area is 176 Å². The predicted octanol–water partition coefficient (Wildman–Crippen LogP) is 2.85. The molecule has 0 aromatic heterocycles. The molecule has 2 aromatic carbocycles. The first-order valence-electron chi connectivity index (χ1n) is 9.22. The van der Waals surface area contributed by atoms with Gasteiger partial charge in [0.2, 0.25) is 0 Å². The smallest absolute Gasteiger partial charge is 0.319 e. The van der Waals surface area contributed by atoms with E-state index < -0.39 is 23.4 Å². The molecule has 0 saturated carbocycles. The topological polar surface area (TPSA) is 82.1 Å². The molecule has 148 valence electrons. The lowest BCUT2D eigenvalue weighted by Crippen LogP contribution is -2.43. The summed E-state index contributed by atoms with van der Waals surface area (Å²) in [5, 5.41) is 8.43. The Morgan fingerprint density at radius 2 is 1.83 bits per heavy atom. The number of hydrazone groups is 1. The van der Waals surface area contributed by atoms with Gasteiger partial charge in [-0.1, -0.05) is 64.5 Å². The molecule has 29 heavy (non-hydrogen) atoms. The Morgan fingerprint density at radius 1 is 1.14 bits per heavy atom. The molecule has 0 radical (unpaired) electrons. The summed E-state index contributed by atoms with van der Waals surface area (Å²) in [5.74, 6) is -0.856. The molecule has 1 saturated heterocycles. The second-order valence-corrected chi connectivity index (χ2v) is 7.96. The van der Waals surface area contributed by atoms with Gasteiger partial charge in [-0.25, -0.2) is 9.80 Å². The van der Waals surface area contributed by atoms with Gasteiger partial charge in [-0.2, -0.15) is 5.10 Å². The highest BCUT2D eigenvalue weighted by Gasteiger charge is 2.50. The van der Waals surface area contributed by atoms with Gasteiger partial charge in [0.15, 0.2) is 0 Å². The van der Waals surface area contributed by atoms with Gasteiger partial charge in [0.25, 0.3) is 11.8 Å². The number of hydrogen-bond acceptors (Lipinski definition) is 4. The molecule has 7 nitrogen and oxygen atoms in total. The molecule has 1 atom stereocenters. The molecule has 2 aliphatic heterocycles. The van der Waals surface area contributed by atoms with Gasteiger partial charge >= 0.3 is 6.03 Å². The largest absolute Gasteiger partial charge is 0.325 e. The fraction of sp³-hybridized carbons (Fsp3) is 0.238. The van der Waals surface area contributed by atoms with Crippen molar-refractivity contribution >= 4 is 39.5 Å². The maximum atomic E-state index is 13.0. The Morgan fingerprint density at radius 3 is 2.55 bits per heavy atom. The Kier molecular flexibility index (Phi) is 4.96. The summed E-state index contributed by atoms with van der Waals surface area (Å²) >= 11 is 3.43. The number of rotatable bonds is 4. The van der Waals surface area contributed by atoms with Crippen LogP contribution in [0.1, 0.15) is 24.5 Å². The molecular weight excluding hydrogens is 436 g/mol. The third-order valence-electron chi connectivity index (χ3n) is 5.18. The maximum Gasteiger partial charge on any atom is 0.325 e. The fourth-order valence-corrected chi connectivity index (χ4v) is 4.26. The first-order chi connectivity index (χ1) is 13.9. The zero-order valence-corrected chi connectivity index (χ0v) is 17.3. The highest BCUT2D eigenvalue weighted by molar-refractivity contribution is 9.10. The SMILES string of the molecule is CC1(c2ccccc2Br)NC(=O)N(CC(=O)N2CCC(c3ccccc3)=N2)C1=O. The monoisotopic (exact) mass is 454 g/mol. The van der Waals surface area contributed by atoms with E-state index in [0.29, 0.717) is 23.0 Å². The zero-order valence-electron chi connectivity index (χ0n) is 15.8. The lowest BCUT2D eigenvalue weighted by atomic mass is 9.92. The summed E-state index contributed by atoms with van der Waals surface area (Å²) in [6.45, 7) is 1.71. The first-order valence-corrected chi connectivity index (χ1v) is 10.0. The molecule has 1 N–H and O–H groups in total. The molecule has 2 aromatic rings. The van der Waals surface area contributed by atoms with Crippen LogP contribution in [-0.2, 0) is 15.1 Å². The second-order valence-electron chi connectivity index (χ2n) is 7.11. The van der Waals surface area contributed by atoms with Crippen LogP contribution in [0.3, 0.4) is 0 Å². The van der Waals surface area contributed by atoms with E-state index >= 15 is 0 Å². The van der Waals surface area contributed by atoms with E-state index in [1.165, 1.54) is 5.01 Å². The summed E-state index contributed by atoms with van der Waals surface area (Å²) in [4.78, 5) is 39.2. The van der Waals surface area contributed by atoms with E-state index in [9.17, 15) is 14.4 Å². The summed E-state index contributed by atoms with van der Waals surface area (Å²) in [6.07, 6.45) is 0.630. The van der Waals surface area contributed by atoms with Crippen LogP contribution in [0, 0.1) is 0 Å². The van der Waals surface area contributed by atoms with Crippen molar-refractivity contribution in [2.45, 2.75) is 18.9 Å². The summed E-state index contributed by atoms with van der Waals surface area (Å²) in [5.41, 5.74) is 1.17. The van der Waals surface area contributed by atoms with Gasteiger partial charge in [-0.05, 0) is 18.6 Å². The molecular formula is C21H19BrN4O3. The highest BCUT2D eigenvalue weighted by atomic mass is 79.9. The minimum absolute atomic E-state index is 0.351. The van der Waals surface area contributed by atoms with Crippen molar-refractivity contribution < 1.29 is 14.4 Å². The van der Waals surface area contributed by atoms with Gasteiger partial charge in [-0.3, -0.25) is 14.5 Å². The molecule has 0 aliphatic carbocycles. The standard InChI is InChI=1S/C21H19BrN4O3/c1-21(15-9-5-6-10-16(15)22)19(28)25(20(29)23-21)13-18(27)26-12-11-17(24-26)14-7-3-2-4-8-14/h2-10H,11-13H2,1H3,(H,23,29). The number of carbonyl (C=O) groups excluding carboxylic acids is 3. The fourth-order valence-electron chi connectivity index (χ4n) is 3.58. The van der Waals surface area contributed by atoms with Crippen molar-refractivity contribution in [3.63, 3.8) is 0 Å². The van der Waals surface area contributed by atoms with E-state index in [0.717, 1.165) is 16.2 Å². The van der Waals surface area contributed by atoms with Crippen molar-refractivity contribution in [1.29, 1.82) is 0 Å². The van der Waals surface area contributed by atoms with E-state index in [1.54, 1.807) is 25.1 Å². The minimum Gasteiger partial charge on any atom is -0.319 e. The van der Waals surface area contributed by atoms with E-state index in [1.807, 2.05) is 36.4 Å². The lowest BCUT2D eigenvalue weighted by Gasteiger charge is -2.23. The number of hydrogen-bond donors (Lipinski definition) is 1. The summed E-state index contributed by atoms with van der Waals surface area (Å²) in [6, 6.07) is 16.2. The number of urea groups is 1. The van der Waals surface area contributed by atoms with Gasteiger partial charge in [-0.15, -0.1) is 0 Å². The molecule has 0 spiro atoms. The molecule has 2 aliphatic rings. The van der Waals surface area contributed by atoms with Crippen molar-refractivity contribution in [2.75, 3.05) is 13.1 Å². The zero-order chi connectivity index (χ0) is 20.6. The lowest BCUT2D eigenvalue weighted by molar-refractivity contribution is -0.138. The molecule has 1 unspecified atom stereocenters. The van der Waals surface area contributed by atoms with E-state index in [4.69, 9.17) is 0 Å². The number of amides is 4. The second kappa shape index (κ2) is 7.44. The van der Waals surface area contributed by atoms with Gasteiger partial charge in [0.1, 0.15) is 12.1 Å². The van der Waals surface area contributed by atoms with Gasteiger partial charge in [0.05, 0.1) is 12.3 Å². The molecule has 4 rings (SSSR count). The van der Waals surface area contributed by atoms with Crippen LogP contribution in [-0.4, -0.2) is 46.6 Å². The van der Waals surface area contributed by atoms with Gasteiger partial charge < -0.3 is 5.32 Å². The number of nitrogens with zero attached hydrogens (tertiary/aromatic N) is 3. The third-order valence-corrected chi connectivity index (χ3v) is 5.87. The Balaban J connectivity index is 1.51. The van der Waals surface area contributed by atoms with Crippen LogP contribution in [0.25, 0.3) is 0 Å². The normalized spacial score (nSPS) is 21.4. The maximum absolute atomic E-state index is 13.0. The van der Waals surface area contributed by atoms with Crippen molar-refractivity contribution in [2.24, 2.45) is 5.10 Å². The Hall–Kier alpha value is -3.00.